The minimum absolute atomic E-state index is 0.167. The highest BCUT2D eigenvalue weighted by Gasteiger charge is 2.38. The lowest BCUT2D eigenvalue weighted by molar-refractivity contribution is 0.632. The molecule has 0 atom stereocenters. The molecular formula is C60H54N2. The Morgan fingerprint density at radius 3 is 1.52 bits per heavy atom. The van der Waals surface area contributed by atoms with Gasteiger partial charge in [0.05, 0.1) is 22.7 Å². The largest absolute Gasteiger partial charge is 0.310 e. The van der Waals surface area contributed by atoms with Crippen LogP contribution in [-0.2, 0) is 10.8 Å². The number of allylic oxidation sites excluding steroid dienone is 5. The molecule has 0 saturated heterocycles. The number of benzene rings is 6. The van der Waals surface area contributed by atoms with E-state index < -0.39 is 0 Å². The molecule has 0 amide bonds. The molecule has 7 aromatic carbocycles. The Bertz CT molecular complexity index is 2840. The molecule has 0 unspecified atom stereocenters. The third-order valence-corrected chi connectivity index (χ3v) is 13.1. The SMILES string of the molecule is C=C/C=C\C(=C)c1ccc(N2c3ccccc3C(C)(C)c3ccccc32)cccc(/C(C)=C/c2ccccc2C)c2ccc(N3c4ccccc4C(C)(C)c4ccccc43)cc12. The van der Waals surface area contributed by atoms with Crippen LogP contribution in [0.2, 0.25) is 0 Å². The van der Waals surface area contributed by atoms with Crippen LogP contribution in [0.5, 0.6) is 0 Å². The molecule has 0 spiro atoms. The second-order valence-electron chi connectivity index (χ2n) is 17.6. The molecule has 304 valence electrons. The predicted octanol–water partition coefficient (Wildman–Crippen LogP) is 16.8. The Kier molecular flexibility index (Phi) is 10.4. The van der Waals surface area contributed by atoms with E-state index in [1.807, 2.05) is 12.2 Å². The van der Waals surface area contributed by atoms with Gasteiger partial charge in [0.1, 0.15) is 0 Å². The van der Waals surface area contributed by atoms with E-state index in [9.17, 15) is 0 Å². The van der Waals surface area contributed by atoms with E-state index >= 15 is 0 Å². The Balaban J connectivity index is 1.38. The average molecular weight is 803 g/mol. The fourth-order valence-electron chi connectivity index (χ4n) is 9.78. The molecule has 0 aromatic heterocycles. The van der Waals surface area contributed by atoms with E-state index in [0.717, 1.165) is 38.8 Å². The van der Waals surface area contributed by atoms with Gasteiger partial charge in [-0.25, -0.2) is 0 Å². The third kappa shape index (κ3) is 6.86. The smallest absolute Gasteiger partial charge is 0.0502 e. The number of para-hydroxylation sites is 4. The number of nitrogens with zero attached hydrogens (tertiary/aromatic N) is 2. The normalized spacial score (nSPS) is 14.6. The lowest BCUT2D eigenvalue weighted by atomic mass is 9.73. The molecule has 0 fully saturated rings. The summed E-state index contributed by atoms with van der Waals surface area (Å²) in [7, 11) is 0. The number of fused-ring (bicyclic) bond motifs is 5. The molecule has 62 heavy (non-hydrogen) atoms. The lowest BCUT2D eigenvalue weighted by Crippen LogP contribution is -2.30. The van der Waals surface area contributed by atoms with Crippen LogP contribution in [0, 0.1) is 6.92 Å². The highest BCUT2D eigenvalue weighted by Crippen LogP contribution is 2.53. The van der Waals surface area contributed by atoms with Gasteiger partial charge in [-0.15, -0.1) is 0 Å². The summed E-state index contributed by atoms with van der Waals surface area (Å²) >= 11 is 0. The van der Waals surface area contributed by atoms with Crippen molar-refractivity contribution in [3.8, 4) is 0 Å². The van der Waals surface area contributed by atoms with Crippen molar-refractivity contribution in [1.82, 2.24) is 0 Å². The van der Waals surface area contributed by atoms with Crippen molar-refractivity contribution >= 4 is 62.1 Å². The van der Waals surface area contributed by atoms with Gasteiger partial charge in [0.15, 0.2) is 0 Å². The van der Waals surface area contributed by atoms with E-state index in [0.29, 0.717) is 0 Å². The summed E-state index contributed by atoms with van der Waals surface area (Å²) in [5.41, 5.74) is 18.4. The van der Waals surface area contributed by atoms with Crippen molar-refractivity contribution in [3.63, 3.8) is 0 Å². The van der Waals surface area contributed by atoms with E-state index in [1.165, 1.54) is 61.7 Å². The van der Waals surface area contributed by atoms with Gasteiger partial charge in [0, 0.05) is 22.2 Å². The second kappa shape index (κ2) is 16.0. The highest BCUT2D eigenvalue weighted by molar-refractivity contribution is 6.04. The quantitative estimate of drug-likeness (QED) is 0.148. The van der Waals surface area contributed by atoms with Crippen LogP contribution < -0.4 is 9.80 Å². The molecule has 0 saturated carbocycles. The van der Waals surface area contributed by atoms with E-state index in [-0.39, 0.29) is 10.8 Å². The first-order valence-corrected chi connectivity index (χ1v) is 21.7. The second-order valence-corrected chi connectivity index (χ2v) is 17.6. The standard InChI is InChI=1S/C60H54N2/c1-9-10-22-42(3)48-37-35-45(61-55-31-17-13-27-51(55)59(5,6)52-28-14-18-32-56(52)61)25-21-26-47(43(4)39-44-24-12-11-23-41(44)2)49-38-36-46(40-50(48)49)62-57-33-19-15-29-53(57)60(7,8)54-30-16-20-34-58(54)62/h9-40H,1,3H2,2,4-8H3/b22-10-,25-21?,26-21?,37-35?,43-39+,45-25?,45-35?,47-26?,48-37?,49-47?,50-48?. The molecule has 0 radical (unpaired) electrons. The van der Waals surface area contributed by atoms with E-state index in [1.54, 1.807) is 0 Å². The number of anilines is 6. The molecule has 9 rings (SSSR count). The molecule has 2 heteroatoms. The zero-order chi connectivity index (χ0) is 43.2. The fourth-order valence-corrected chi connectivity index (χ4v) is 9.78. The average Bonchev–Trinajstić information content (AvgIpc) is 3.28. The van der Waals surface area contributed by atoms with Crippen molar-refractivity contribution in [3.05, 3.63) is 246 Å². The first-order chi connectivity index (χ1) is 30.0. The lowest BCUT2D eigenvalue weighted by Gasteiger charge is -2.42. The summed E-state index contributed by atoms with van der Waals surface area (Å²) in [5, 5.41) is 2.22. The maximum atomic E-state index is 4.74. The molecule has 2 heterocycles. The highest BCUT2D eigenvalue weighted by atomic mass is 15.2. The van der Waals surface area contributed by atoms with Gasteiger partial charge in [-0.2, -0.15) is 0 Å². The first-order valence-electron chi connectivity index (χ1n) is 21.7. The topological polar surface area (TPSA) is 6.48 Å². The van der Waals surface area contributed by atoms with Crippen LogP contribution in [0.4, 0.5) is 34.1 Å². The van der Waals surface area contributed by atoms with Gasteiger partial charge in [-0.1, -0.05) is 186 Å². The summed E-state index contributed by atoms with van der Waals surface area (Å²) in [4.78, 5) is 4.87. The maximum Gasteiger partial charge on any atom is 0.0502 e. The first kappa shape index (κ1) is 40.3. The molecule has 2 aliphatic rings. The van der Waals surface area contributed by atoms with Crippen molar-refractivity contribution < 1.29 is 0 Å². The van der Waals surface area contributed by atoms with Crippen molar-refractivity contribution in [2.45, 2.75) is 52.4 Å². The number of hydrogen-bond donors (Lipinski definition) is 0. The fraction of sp³-hybridized carbons (Fsp3) is 0.133. The molecule has 7 aromatic rings. The van der Waals surface area contributed by atoms with Gasteiger partial charge in [0.25, 0.3) is 0 Å². The molecular weight excluding hydrogens is 749 g/mol. The molecule has 2 aliphatic heterocycles. The van der Waals surface area contributed by atoms with E-state index in [4.69, 9.17) is 6.58 Å². The van der Waals surface area contributed by atoms with Gasteiger partial charge in [0.2, 0.25) is 0 Å². The van der Waals surface area contributed by atoms with Crippen LogP contribution in [-0.4, -0.2) is 0 Å². The molecule has 0 bridgehead atoms. The van der Waals surface area contributed by atoms with Gasteiger partial charge >= 0.3 is 0 Å². The summed E-state index contributed by atoms with van der Waals surface area (Å²) in [6, 6.07) is 62.3. The third-order valence-electron chi connectivity index (χ3n) is 13.1. The number of hydrogen-bond acceptors (Lipinski definition) is 2. The van der Waals surface area contributed by atoms with Crippen molar-refractivity contribution in [2.24, 2.45) is 0 Å². The summed E-state index contributed by atoms with van der Waals surface area (Å²) in [6.45, 7) is 22.5. The Morgan fingerprint density at radius 1 is 0.500 bits per heavy atom. The predicted molar refractivity (Wildman–Crippen MR) is 268 cm³/mol. The Hall–Kier alpha value is -7.16. The van der Waals surface area contributed by atoms with Crippen LogP contribution in [0.1, 0.15) is 79.1 Å². The minimum atomic E-state index is -0.171. The molecule has 0 aliphatic carbocycles. The van der Waals surface area contributed by atoms with Crippen LogP contribution in [0.25, 0.3) is 28.0 Å². The van der Waals surface area contributed by atoms with Gasteiger partial charge < -0.3 is 9.80 Å². The number of aryl methyl sites for hydroxylation is 1. The maximum absolute atomic E-state index is 4.74. The zero-order valence-corrected chi connectivity index (χ0v) is 36.8. The van der Waals surface area contributed by atoms with Gasteiger partial charge in [-0.3, -0.25) is 0 Å². The number of rotatable bonds is 7. The zero-order valence-electron chi connectivity index (χ0n) is 36.8. The Morgan fingerprint density at radius 2 is 0.984 bits per heavy atom. The summed E-state index contributed by atoms with van der Waals surface area (Å²) < 4.78 is 0. The van der Waals surface area contributed by atoms with Crippen LogP contribution >= 0.6 is 0 Å². The molecule has 0 N–H and O–H groups in total. The van der Waals surface area contributed by atoms with E-state index in [2.05, 4.69) is 240 Å². The van der Waals surface area contributed by atoms with Crippen LogP contribution in [0.15, 0.2) is 201 Å². The van der Waals surface area contributed by atoms with Crippen LogP contribution in [0.3, 0.4) is 0 Å². The monoisotopic (exact) mass is 802 g/mol. The van der Waals surface area contributed by atoms with Gasteiger partial charge in [-0.05, 0) is 129 Å². The van der Waals surface area contributed by atoms with Crippen molar-refractivity contribution in [2.75, 3.05) is 9.80 Å². The summed E-state index contributed by atoms with van der Waals surface area (Å²) in [6.07, 6.45) is 8.20. The summed E-state index contributed by atoms with van der Waals surface area (Å²) in [5.74, 6) is 0. The molecule has 2 nitrogen and oxygen atoms in total. The Labute approximate surface area is 368 Å². The van der Waals surface area contributed by atoms with Crippen molar-refractivity contribution in [1.29, 1.82) is 0 Å². The minimum Gasteiger partial charge on any atom is -0.310 e.